The molecule has 0 spiro atoms. The Hall–Kier alpha value is -0.575. The lowest BCUT2D eigenvalue weighted by Crippen LogP contribution is -2.41. The molecule has 3 nitrogen and oxygen atoms in total. The fourth-order valence-corrected chi connectivity index (χ4v) is 2.65. The van der Waals surface area contributed by atoms with E-state index in [-0.39, 0.29) is 18.3 Å². The van der Waals surface area contributed by atoms with E-state index in [1.165, 1.54) is 12.8 Å². The van der Waals surface area contributed by atoms with Crippen LogP contribution in [0.25, 0.3) is 0 Å². The van der Waals surface area contributed by atoms with Crippen LogP contribution in [0.15, 0.2) is 12.1 Å². The second-order valence-corrected chi connectivity index (χ2v) is 7.34. The topological polar surface area (TPSA) is 31.4 Å². The standard InChI is InChI=1S/C15H21BClNO2/c1-14(2)15(3,4)20-16(19-14)11-8-12(7-10-5-6-10)18-13(17)9-11/h8-10H,5-7H2,1-4H3. The predicted octanol–water partition coefficient (Wildman–Crippen LogP) is 2.99. The first-order valence-corrected chi connectivity index (χ1v) is 7.67. The number of nitrogens with zero attached hydrogens (tertiary/aromatic N) is 1. The Morgan fingerprint density at radius 1 is 1.20 bits per heavy atom. The fraction of sp³-hybridized carbons (Fsp3) is 0.667. The van der Waals surface area contributed by atoms with Crippen molar-refractivity contribution in [1.29, 1.82) is 0 Å². The van der Waals surface area contributed by atoms with Crippen LogP contribution in [0.5, 0.6) is 0 Å². The van der Waals surface area contributed by atoms with Gasteiger partial charge in [0, 0.05) is 5.69 Å². The third-order valence-corrected chi connectivity index (χ3v) is 4.78. The van der Waals surface area contributed by atoms with Crippen molar-refractivity contribution in [3.8, 4) is 0 Å². The number of halogens is 1. The SMILES string of the molecule is CC1(C)OB(c2cc(Cl)nc(CC3CC3)c2)OC1(C)C. The summed E-state index contributed by atoms with van der Waals surface area (Å²) in [5.74, 6) is 0.784. The minimum absolute atomic E-state index is 0.329. The highest BCUT2D eigenvalue weighted by atomic mass is 35.5. The van der Waals surface area contributed by atoms with Gasteiger partial charge in [0.05, 0.1) is 11.2 Å². The molecule has 0 radical (unpaired) electrons. The van der Waals surface area contributed by atoms with Gasteiger partial charge in [0.1, 0.15) is 5.15 Å². The van der Waals surface area contributed by atoms with E-state index in [1.54, 1.807) is 0 Å². The highest BCUT2D eigenvalue weighted by Gasteiger charge is 2.51. The molecule has 0 amide bonds. The summed E-state index contributed by atoms with van der Waals surface area (Å²) < 4.78 is 12.1. The predicted molar refractivity (Wildman–Crippen MR) is 81.4 cm³/mol. The minimum atomic E-state index is -0.363. The maximum atomic E-state index is 6.15. The molecule has 0 atom stereocenters. The van der Waals surface area contributed by atoms with Crippen molar-refractivity contribution in [2.75, 3.05) is 0 Å². The van der Waals surface area contributed by atoms with Gasteiger partial charge in [-0.3, -0.25) is 0 Å². The monoisotopic (exact) mass is 293 g/mol. The van der Waals surface area contributed by atoms with Crippen LogP contribution in [0.4, 0.5) is 0 Å². The van der Waals surface area contributed by atoms with Crippen molar-refractivity contribution >= 4 is 24.2 Å². The van der Waals surface area contributed by atoms with Crippen LogP contribution in [-0.2, 0) is 15.7 Å². The zero-order valence-electron chi connectivity index (χ0n) is 12.6. The molecule has 1 saturated heterocycles. The Bertz CT molecular complexity index is 513. The third kappa shape index (κ3) is 2.74. The number of hydrogen-bond donors (Lipinski definition) is 0. The zero-order chi connectivity index (χ0) is 14.5. The van der Waals surface area contributed by atoms with Gasteiger partial charge >= 0.3 is 7.12 Å². The Morgan fingerprint density at radius 2 is 1.80 bits per heavy atom. The maximum Gasteiger partial charge on any atom is 0.495 e. The van der Waals surface area contributed by atoms with Crippen LogP contribution >= 0.6 is 11.6 Å². The third-order valence-electron chi connectivity index (χ3n) is 4.59. The van der Waals surface area contributed by atoms with Crippen LogP contribution in [0, 0.1) is 5.92 Å². The van der Waals surface area contributed by atoms with E-state index in [0.29, 0.717) is 5.15 Å². The van der Waals surface area contributed by atoms with E-state index in [0.717, 1.165) is 23.5 Å². The van der Waals surface area contributed by atoms with Crippen molar-refractivity contribution in [3.63, 3.8) is 0 Å². The molecule has 5 heteroatoms. The molecule has 20 heavy (non-hydrogen) atoms. The maximum absolute atomic E-state index is 6.15. The molecule has 0 bridgehead atoms. The molecular weight excluding hydrogens is 272 g/mol. The highest BCUT2D eigenvalue weighted by molar-refractivity contribution is 6.62. The van der Waals surface area contributed by atoms with E-state index in [1.807, 2.05) is 6.07 Å². The molecule has 2 aliphatic rings. The molecule has 1 aromatic rings. The van der Waals surface area contributed by atoms with Crippen LogP contribution in [0.2, 0.25) is 5.15 Å². The minimum Gasteiger partial charge on any atom is -0.399 e. The van der Waals surface area contributed by atoms with Gasteiger partial charge < -0.3 is 9.31 Å². The van der Waals surface area contributed by atoms with Crippen molar-refractivity contribution in [1.82, 2.24) is 4.98 Å². The number of hydrogen-bond acceptors (Lipinski definition) is 3. The first-order valence-electron chi connectivity index (χ1n) is 7.29. The lowest BCUT2D eigenvalue weighted by molar-refractivity contribution is 0.00578. The van der Waals surface area contributed by atoms with E-state index in [9.17, 15) is 0 Å². The molecule has 1 saturated carbocycles. The lowest BCUT2D eigenvalue weighted by Gasteiger charge is -2.32. The Balaban J connectivity index is 1.85. The molecule has 2 fully saturated rings. The second-order valence-electron chi connectivity index (χ2n) is 6.95. The van der Waals surface area contributed by atoms with E-state index in [4.69, 9.17) is 20.9 Å². The summed E-state index contributed by atoms with van der Waals surface area (Å²) in [7, 11) is -0.363. The summed E-state index contributed by atoms with van der Waals surface area (Å²) in [6.45, 7) is 8.23. The second kappa shape index (κ2) is 4.72. The first-order chi connectivity index (χ1) is 9.27. The molecular formula is C15H21BClNO2. The first kappa shape index (κ1) is 14.4. The van der Waals surface area contributed by atoms with Gasteiger partial charge in [0.25, 0.3) is 0 Å². The molecule has 108 valence electrons. The van der Waals surface area contributed by atoms with Crippen LogP contribution < -0.4 is 5.46 Å². The number of rotatable bonds is 3. The zero-order valence-corrected chi connectivity index (χ0v) is 13.3. The van der Waals surface area contributed by atoms with Gasteiger partial charge in [0.15, 0.2) is 0 Å². The van der Waals surface area contributed by atoms with Gasteiger partial charge in [-0.1, -0.05) is 11.6 Å². The van der Waals surface area contributed by atoms with Crippen molar-refractivity contribution in [2.24, 2.45) is 5.92 Å². The van der Waals surface area contributed by atoms with Crippen LogP contribution in [0.1, 0.15) is 46.2 Å². The average Bonchev–Trinajstić information content (AvgIpc) is 3.06. The quantitative estimate of drug-likeness (QED) is 0.634. The highest BCUT2D eigenvalue weighted by Crippen LogP contribution is 2.37. The molecule has 2 heterocycles. The summed E-state index contributed by atoms with van der Waals surface area (Å²) in [4.78, 5) is 4.41. The van der Waals surface area contributed by atoms with Gasteiger partial charge in [-0.25, -0.2) is 4.98 Å². The average molecular weight is 294 g/mol. The Kier molecular flexibility index (Phi) is 3.39. The number of aromatic nitrogens is 1. The van der Waals surface area contributed by atoms with Gasteiger partial charge in [-0.2, -0.15) is 0 Å². The summed E-state index contributed by atoms with van der Waals surface area (Å²) in [6.07, 6.45) is 3.62. The largest absolute Gasteiger partial charge is 0.495 e. The fourth-order valence-electron chi connectivity index (χ4n) is 2.41. The van der Waals surface area contributed by atoms with E-state index < -0.39 is 0 Å². The summed E-state index contributed by atoms with van der Waals surface area (Å²) in [5.41, 5.74) is 1.36. The summed E-state index contributed by atoms with van der Waals surface area (Å²) in [5, 5.41) is 0.521. The van der Waals surface area contributed by atoms with Crippen molar-refractivity contribution in [2.45, 2.75) is 58.2 Å². The smallest absolute Gasteiger partial charge is 0.399 e. The molecule has 3 rings (SSSR count). The van der Waals surface area contributed by atoms with Gasteiger partial charge in [0.2, 0.25) is 0 Å². The Labute approximate surface area is 126 Å². The molecule has 1 aromatic heterocycles. The summed E-state index contributed by atoms with van der Waals surface area (Å²) in [6, 6.07) is 3.92. The van der Waals surface area contributed by atoms with Crippen molar-refractivity contribution < 1.29 is 9.31 Å². The molecule has 0 unspecified atom stereocenters. The van der Waals surface area contributed by atoms with Crippen molar-refractivity contribution in [3.05, 3.63) is 23.0 Å². The van der Waals surface area contributed by atoms with Crippen LogP contribution in [0.3, 0.4) is 0 Å². The molecule has 0 aromatic carbocycles. The molecule has 1 aliphatic carbocycles. The summed E-state index contributed by atoms with van der Waals surface area (Å²) >= 11 is 6.15. The molecule has 1 aliphatic heterocycles. The Morgan fingerprint density at radius 3 is 2.35 bits per heavy atom. The normalized spacial score (nSPS) is 24.1. The van der Waals surface area contributed by atoms with E-state index in [2.05, 4.69) is 38.7 Å². The van der Waals surface area contributed by atoms with Gasteiger partial charge in [-0.15, -0.1) is 0 Å². The lowest BCUT2D eigenvalue weighted by atomic mass is 9.79. The van der Waals surface area contributed by atoms with Crippen LogP contribution in [-0.4, -0.2) is 23.3 Å². The molecule has 0 N–H and O–H groups in total. The number of pyridine rings is 1. The van der Waals surface area contributed by atoms with E-state index >= 15 is 0 Å². The van der Waals surface area contributed by atoms with Gasteiger partial charge in [-0.05, 0) is 70.5 Å².